The van der Waals surface area contributed by atoms with Crippen molar-refractivity contribution < 1.29 is 0 Å². The van der Waals surface area contributed by atoms with Crippen LogP contribution in [-0.2, 0) is 6.54 Å². The molecule has 3 nitrogen and oxygen atoms in total. The van der Waals surface area contributed by atoms with Crippen LogP contribution in [0.3, 0.4) is 0 Å². The molecule has 0 radical (unpaired) electrons. The fraction of sp³-hybridized carbons (Fsp3) is 0.200. The number of nitrogens with one attached hydrogen (secondary N) is 1. The third-order valence-corrected chi connectivity index (χ3v) is 2.01. The van der Waals surface area contributed by atoms with Gasteiger partial charge in [-0.2, -0.15) is 0 Å². The first-order valence-electron chi connectivity index (χ1n) is 4.23. The van der Waals surface area contributed by atoms with Crippen molar-refractivity contribution in [2.45, 2.75) is 6.54 Å². The Morgan fingerprint density at radius 2 is 2.15 bits per heavy atom. The van der Waals surface area contributed by atoms with E-state index in [4.69, 9.17) is 0 Å². The Morgan fingerprint density at radius 1 is 1.23 bits per heavy atom. The topological polar surface area (TPSA) is 37.8 Å². The summed E-state index contributed by atoms with van der Waals surface area (Å²) < 4.78 is 0. The summed E-state index contributed by atoms with van der Waals surface area (Å²) in [5, 5.41) is 5.42. The first kappa shape index (κ1) is 8.13. The van der Waals surface area contributed by atoms with Crippen LogP contribution in [0.1, 0.15) is 5.56 Å². The number of hydrogen-bond acceptors (Lipinski definition) is 3. The lowest BCUT2D eigenvalue weighted by Gasteiger charge is -2.03. The lowest BCUT2D eigenvalue weighted by Crippen LogP contribution is -2.05. The highest BCUT2D eigenvalue weighted by Crippen LogP contribution is 2.14. The SMILES string of the molecule is CNCc1cncc2ccncc12. The second-order valence-electron chi connectivity index (χ2n) is 2.93. The van der Waals surface area contributed by atoms with E-state index in [1.54, 1.807) is 6.20 Å². The Balaban J connectivity index is 2.61. The van der Waals surface area contributed by atoms with Crippen LogP contribution < -0.4 is 5.32 Å². The molecule has 0 fully saturated rings. The van der Waals surface area contributed by atoms with Crippen LogP contribution in [0.2, 0.25) is 0 Å². The molecule has 2 rings (SSSR count). The zero-order chi connectivity index (χ0) is 9.10. The van der Waals surface area contributed by atoms with Crippen LogP contribution >= 0.6 is 0 Å². The molecule has 13 heavy (non-hydrogen) atoms. The summed E-state index contributed by atoms with van der Waals surface area (Å²) in [5.41, 5.74) is 1.19. The van der Waals surface area contributed by atoms with Crippen molar-refractivity contribution in [1.82, 2.24) is 15.3 Å². The summed E-state index contributed by atoms with van der Waals surface area (Å²) in [7, 11) is 1.93. The summed E-state index contributed by atoms with van der Waals surface area (Å²) >= 11 is 0. The van der Waals surface area contributed by atoms with Gasteiger partial charge in [-0.05, 0) is 18.7 Å². The standard InChI is InChI=1S/C10H11N3/c1-11-4-9-6-13-5-8-2-3-12-7-10(8)9/h2-3,5-7,11H,4H2,1H3. The van der Waals surface area contributed by atoms with E-state index in [9.17, 15) is 0 Å². The number of rotatable bonds is 2. The summed E-state index contributed by atoms with van der Waals surface area (Å²) in [6, 6.07) is 1.97. The molecule has 0 aliphatic rings. The van der Waals surface area contributed by atoms with Crippen molar-refractivity contribution in [2.75, 3.05) is 7.05 Å². The number of fused-ring (bicyclic) bond motifs is 1. The lowest BCUT2D eigenvalue weighted by molar-refractivity contribution is 0.819. The van der Waals surface area contributed by atoms with Crippen LogP contribution in [-0.4, -0.2) is 17.0 Å². The number of nitrogens with zero attached hydrogens (tertiary/aromatic N) is 2. The maximum Gasteiger partial charge on any atom is 0.0350 e. The van der Waals surface area contributed by atoms with Crippen LogP contribution in [0.25, 0.3) is 10.8 Å². The highest BCUT2D eigenvalue weighted by Gasteiger charge is 1.98. The third kappa shape index (κ3) is 1.51. The predicted molar refractivity (Wildman–Crippen MR) is 52.3 cm³/mol. The molecule has 1 N–H and O–H groups in total. The average Bonchev–Trinajstić information content (AvgIpc) is 2.19. The van der Waals surface area contributed by atoms with Gasteiger partial charge in [0.05, 0.1) is 0 Å². The van der Waals surface area contributed by atoms with Gasteiger partial charge in [0.1, 0.15) is 0 Å². The van der Waals surface area contributed by atoms with E-state index in [2.05, 4.69) is 15.3 Å². The minimum atomic E-state index is 0.829. The quantitative estimate of drug-likeness (QED) is 0.745. The van der Waals surface area contributed by atoms with Gasteiger partial charge >= 0.3 is 0 Å². The molecule has 0 aliphatic carbocycles. The Hall–Kier alpha value is -1.48. The van der Waals surface area contributed by atoms with E-state index >= 15 is 0 Å². The first-order chi connectivity index (χ1) is 6.42. The lowest BCUT2D eigenvalue weighted by atomic mass is 10.1. The van der Waals surface area contributed by atoms with Gasteiger partial charge in [-0.25, -0.2) is 0 Å². The van der Waals surface area contributed by atoms with Crippen molar-refractivity contribution in [1.29, 1.82) is 0 Å². The first-order valence-corrected chi connectivity index (χ1v) is 4.23. The van der Waals surface area contributed by atoms with Crippen molar-refractivity contribution in [3.8, 4) is 0 Å². The smallest absolute Gasteiger partial charge is 0.0350 e. The Labute approximate surface area is 76.8 Å². The fourth-order valence-corrected chi connectivity index (χ4v) is 1.39. The Kier molecular flexibility index (Phi) is 2.19. The summed E-state index contributed by atoms with van der Waals surface area (Å²) in [6.45, 7) is 0.829. The molecule has 0 spiro atoms. The van der Waals surface area contributed by atoms with Crippen molar-refractivity contribution >= 4 is 10.8 Å². The van der Waals surface area contributed by atoms with E-state index in [0.717, 1.165) is 11.9 Å². The molecule has 0 aromatic carbocycles. The van der Waals surface area contributed by atoms with Gasteiger partial charge < -0.3 is 5.32 Å². The van der Waals surface area contributed by atoms with E-state index in [1.165, 1.54) is 10.9 Å². The molecule has 0 unspecified atom stereocenters. The van der Waals surface area contributed by atoms with Gasteiger partial charge in [0.2, 0.25) is 0 Å². The summed E-state index contributed by atoms with van der Waals surface area (Å²) in [6.07, 6.45) is 7.40. The average molecular weight is 173 g/mol. The van der Waals surface area contributed by atoms with Gasteiger partial charge in [0.15, 0.2) is 0 Å². The monoisotopic (exact) mass is 173 g/mol. The largest absolute Gasteiger partial charge is 0.316 e. The van der Waals surface area contributed by atoms with Crippen LogP contribution in [0.4, 0.5) is 0 Å². The maximum atomic E-state index is 4.16. The minimum Gasteiger partial charge on any atom is -0.316 e. The van der Waals surface area contributed by atoms with Crippen LogP contribution in [0.15, 0.2) is 30.9 Å². The Bertz CT molecular complexity index is 406. The highest BCUT2D eigenvalue weighted by molar-refractivity contribution is 5.83. The molecule has 0 saturated carbocycles. The summed E-state index contributed by atoms with van der Waals surface area (Å²) in [5.74, 6) is 0. The number of aromatic nitrogens is 2. The molecular formula is C10H11N3. The third-order valence-electron chi connectivity index (χ3n) is 2.01. The van der Waals surface area contributed by atoms with Crippen LogP contribution in [0.5, 0.6) is 0 Å². The molecule has 0 amide bonds. The van der Waals surface area contributed by atoms with Gasteiger partial charge in [0, 0.05) is 42.1 Å². The number of pyridine rings is 2. The summed E-state index contributed by atoms with van der Waals surface area (Å²) in [4.78, 5) is 8.26. The molecule has 2 aromatic rings. The van der Waals surface area contributed by atoms with Gasteiger partial charge in [-0.1, -0.05) is 0 Å². The van der Waals surface area contributed by atoms with Gasteiger partial charge in [-0.15, -0.1) is 0 Å². The molecule has 0 aliphatic heterocycles. The van der Waals surface area contributed by atoms with E-state index < -0.39 is 0 Å². The predicted octanol–water partition coefficient (Wildman–Crippen LogP) is 1.35. The molecular weight excluding hydrogens is 162 g/mol. The van der Waals surface area contributed by atoms with Crippen molar-refractivity contribution in [3.05, 3.63) is 36.4 Å². The molecule has 0 bridgehead atoms. The van der Waals surface area contributed by atoms with E-state index in [0.29, 0.717) is 0 Å². The van der Waals surface area contributed by atoms with E-state index in [1.807, 2.05) is 31.7 Å². The molecule has 3 heteroatoms. The molecule has 66 valence electrons. The molecule has 2 aromatic heterocycles. The second kappa shape index (κ2) is 3.49. The number of hydrogen-bond donors (Lipinski definition) is 1. The molecule has 0 saturated heterocycles. The molecule has 2 heterocycles. The van der Waals surface area contributed by atoms with Crippen molar-refractivity contribution in [2.24, 2.45) is 0 Å². The zero-order valence-corrected chi connectivity index (χ0v) is 7.49. The Morgan fingerprint density at radius 3 is 3.00 bits per heavy atom. The normalized spacial score (nSPS) is 10.5. The van der Waals surface area contributed by atoms with Gasteiger partial charge in [-0.3, -0.25) is 9.97 Å². The van der Waals surface area contributed by atoms with E-state index in [-0.39, 0.29) is 0 Å². The second-order valence-corrected chi connectivity index (χ2v) is 2.93. The minimum absolute atomic E-state index is 0.829. The van der Waals surface area contributed by atoms with Crippen LogP contribution in [0, 0.1) is 0 Å². The maximum absolute atomic E-state index is 4.16. The zero-order valence-electron chi connectivity index (χ0n) is 7.49. The highest BCUT2D eigenvalue weighted by atomic mass is 14.8. The van der Waals surface area contributed by atoms with Crippen molar-refractivity contribution in [3.63, 3.8) is 0 Å². The molecule has 0 atom stereocenters. The van der Waals surface area contributed by atoms with Gasteiger partial charge in [0.25, 0.3) is 0 Å². The fourth-order valence-electron chi connectivity index (χ4n) is 1.39.